The Morgan fingerprint density at radius 2 is 2.33 bits per heavy atom. The second-order valence-corrected chi connectivity index (χ2v) is 6.32. The highest BCUT2D eigenvalue weighted by atomic mass is 32.2. The summed E-state index contributed by atoms with van der Waals surface area (Å²) in [4.78, 5) is 11.6. The van der Waals surface area contributed by atoms with Crippen LogP contribution in [-0.4, -0.2) is 61.4 Å². The minimum Gasteiger partial charge on any atom is -0.468 e. The molecule has 0 saturated carbocycles. The summed E-state index contributed by atoms with van der Waals surface area (Å²) in [6.45, 7) is 2.51. The fourth-order valence-corrected chi connectivity index (χ4v) is 3.71. The molecule has 0 spiro atoms. The third-order valence-electron chi connectivity index (χ3n) is 3.22. The fraction of sp³-hybridized carbons (Fsp3) is 0.636. The zero-order chi connectivity index (χ0) is 15.6. The number of aryl methyl sites for hydroxylation is 1. The van der Waals surface area contributed by atoms with Crippen LogP contribution >= 0.6 is 0 Å². The van der Waals surface area contributed by atoms with Gasteiger partial charge in [-0.1, -0.05) is 0 Å². The highest BCUT2D eigenvalue weighted by Crippen LogP contribution is 2.25. The Kier molecular flexibility index (Phi) is 4.49. The third-order valence-corrected chi connectivity index (χ3v) is 5.14. The Bertz CT molecular complexity index is 627. The lowest BCUT2D eigenvalue weighted by atomic mass is 10.3. The van der Waals surface area contributed by atoms with Crippen LogP contribution in [0.2, 0.25) is 0 Å². The maximum atomic E-state index is 12.7. The summed E-state index contributed by atoms with van der Waals surface area (Å²) < 4.78 is 37.7. The molecule has 10 heteroatoms. The van der Waals surface area contributed by atoms with Gasteiger partial charge in [0.05, 0.1) is 20.3 Å². The maximum absolute atomic E-state index is 12.7. The zero-order valence-electron chi connectivity index (χ0n) is 11.9. The number of carbonyl (C=O) groups is 1. The summed E-state index contributed by atoms with van der Waals surface area (Å²) in [5.74, 6) is -0.758. The van der Waals surface area contributed by atoms with E-state index >= 15 is 0 Å². The Morgan fingerprint density at radius 1 is 1.62 bits per heavy atom. The number of methoxy groups -OCH3 is 1. The second-order valence-electron chi connectivity index (χ2n) is 4.46. The van der Waals surface area contributed by atoms with Crippen LogP contribution < -0.4 is 5.73 Å². The molecule has 2 rings (SSSR count). The van der Waals surface area contributed by atoms with E-state index < -0.39 is 22.0 Å². The van der Waals surface area contributed by atoms with Crippen molar-refractivity contribution in [3.8, 4) is 0 Å². The maximum Gasteiger partial charge on any atom is 0.326 e. The number of nitrogen functional groups attached to an aromatic ring is 1. The van der Waals surface area contributed by atoms with Crippen molar-refractivity contribution in [2.45, 2.75) is 24.4 Å². The van der Waals surface area contributed by atoms with E-state index in [0.717, 1.165) is 4.31 Å². The molecular weight excluding hydrogens is 300 g/mol. The number of esters is 1. The van der Waals surface area contributed by atoms with Gasteiger partial charge in [0.15, 0.2) is 5.82 Å². The molecule has 1 aliphatic rings. The van der Waals surface area contributed by atoms with Crippen LogP contribution in [0.4, 0.5) is 5.82 Å². The van der Waals surface area contributed by atoms with Crippen molar-refractivity contribution < 1.29 is 22.7 Å². The van der Waals surface area contributed by atoms with Crippen molar-refractivity contribution in [2.24, 2.45) is 0 Å². The Balaban J connectivity index is 2.40. The molecule has 1 atom stereocenters. The number of sulfonamides is 1. The summed E-state index contributed by atoms with van der Waals surface area (Å²) in [7, 11) is -2.74. The van der Waals surface area contributed by atoms with Gasteiger partial charge in [0.25, 0.3) is 0 Å². The van der Waals surface area contributed by atoms with Crippen molar-refractivity contribution >= 4 is 21.8 Å². The van der Waals surface area contributed by atoms with E-state index in [1.807, 2.05) is 6.92 Å². The predicted molar refractivity (Wildman–Crippen MR) is 72.8 cm³/mol. The van der Waals surface area contributed by atoms with E-state index in [1.165, 1.54) is 18.0 Å². The number of morpholine rings is 1. The molecule has 0 bridgehead atoms. The normalized spacial score (nSPS) is 20.4. The lowest BCUT2D eigenvalue weighted by Gasteiger charge is -2.32. The first-order chi connectivity index (χ1) is 9.91. The number of rotatable bonds is 4. The fourth-order valence-electron chi connectivity index (χ4n) is 2.10. The Hall–Kier alpha value is -1.65. The predicted octanol–water partition coefficient (Wildman–Crippen LogP) is -0.952. The average molecular weight is 318 g/mol. The van der Waals surface area contributed by atoms with Gasteiger partial charge in [0.2, 0.25) is 10.0 Å². The first kappa shape index (κ1) is 15.7. The molecule has 0 amide bonds. The summed E-state index contributed by atoms with van der Waals surface area (Å²) in [5.41, 5.74) is 5.68. The number of carbonyl (C=O) groups excluding carboxylic acids is 1. The lowest BCUT2D eigenvalue weighted by molar-refractivity contribution is -0.149. The second kappa shape index (κ2) is 6.00. The molecule has 0 radical (unpaired) electrons. The van der Waals surface area contributed by atoms with Gasteiger partial charge in [-0.15, -0.1) is 0 Å². The van der Waals surface area contributed by atoms with Crippen LogP contribution in [0.15, 0.2) is 11.1 Å². The van der Waals surface area contributed by atoms with Crippen molar-refractivity contribution in [1.82, 2.24) is 14.1 Å². The van der Waals surface area contributed by atoms with E-state index in [4.69, 9.17) is 10.5 Å². The van der Waals surface area contributed by atoms with Gasteiger partial charge in [-0.05, 0) is 6.92 Å². The molecule has 1 unspecified atom stereocenters. The van der Waals surface area contributed by atoms with Crippen LogP contribution in [0.1, 0.15) is 6.92 Å². The van der Waals surface area contributed by atoms with Gasteiger partial charge in [-0.25, -0.2) is 8.42 Å². The first-order valence-electron chi connectivity index (χ1n) is 6.42. The van der Waals surface area contributed by atoms with Crippen molar-refractivity contribution in [2.75, 3.05) is 32.6 Å². The standard InChI is InChI=1S/C11H18N4O5S/c1-3-14-6-9(10(12)13-14)21(17,18)15-4-5-20-7-8(15)11(16)19-2/h6,8H,3-5,7H2,1-2H3,(H2,12,13). The van der Waals surface area contributed by atoms with E-state index in [0.29, 0.717) is 6.54 Å². The summed E-state index contributed by atoms with van der Waals surface area (Å²) >= 11 is 0. The number of anilines is 1. The minimum atomic E-state index is -3.94. The number of hydrogen-bond acceptors (Lipinski definition) is 7. The zero-order valence-corrected chi connectivity index (χ0v) is 12.7. The van der Waals surface area contributed by atoms with Crippen LogP contribution in [0.3, 0.4) is 0 Å². The van der Waals surface area contributed by atoms with Crippen molar-refractivity contribution in [1.29, 1.82) is 0 Å². The topological polar surface area (TPSA) is 117 Å². The molecule has 118 valence electrons. The van der Waals surface area contributed by atoms with Gasteiger partial charge in [-0.2, -0.15) is 9.40 Å². The molecule has 1 aliphatic heterocycles. The van der Waals surface area contributed by atoms with Gasteiger partial charge in [-0.3, -0.25) is 9.48 Å². The summed E-state index contributed by atoms with van der Waals surface area (Å²) in [6.07, 6.45) is 1.36. The molecule has 21 heavy (non-hydrogen) atoms. The van der Waals surface area contributed by atoms with Gasteiger partial charge in [0, 0.05) is 19.3 Å². The van der Waals surface area contributed by atoms with E-state index in [2.05, 4.69) is 9.84 Å². The molecule has 0 aromatic carbocycles. The number of aromatic nitrogens is 2. The average Bonchev–Trinajstić information content (AvgIpc) is 2.88. The van der Waals surface area contributed by atoms with Crippen LogP contribution in [-0.2, 0) is 30.8 Å². The molecule has 1 saturated heterocycles. The molecule has 9 nitrogen and oxygen atoms in total. The first-order valence-corrected chi connectivity index (χ1v) is 7.86. The Morgan fingerprint density at radius 3 is 2.90 bits per heavy atom. The van der Waals surface area contributed by atoms with Crippen LogP contribution in [0, 0.1) is 0 Å². The van der Waals surface area contributed by atoms with Gasteiger partial charge < -0.3 is 15.2 Å². The number of ether oxygens (including phenoxy) is 2. The number of nitrogens with zero attached hydrogens (tertiary/aromatic N) is 3. The van der Waals surface area contributed by atoms with Crippen LogP contribution in [0.25, 0.3) is 0 Å². The minimum absolute atomic E-state index is 0.0479. The van der Waals surface area contributed by atoms with Crippen molar-refractivity contribution in [3.05, 3.63) is 6.20 Å². The smallest absolute Gasteiger partial charge is 0.326 e. The molecular formula is C11H18N4O5S. The molecule has 0 aliphatic carbocycles. The highest BCUT2D eigenvalue weighted by molar-refractivity contribution is 7.89. The van der Waals surface area contributed by atoms with Crippen molar-refractivity contribution in [3.63, 3.8) is 0 Å². The number of nitrogens with two attached hydrogens (primary N) is 1. The summed E-state index contributed by atoms with van der Waals surface area (Å²) in [6, 6.07) is -1.02. The van der Waals surface area contributed by atoms with Crippen LogP contribution in [0.5, 0.6) is 0 Å². The molecule has 1 aromatic rings. The highest BCUT2D eigenvalue weighted by Gasteiger charge is 2.40. The van der Waals surface area contributed by atoms with E-state index in [-0.39, 0.29) is 30.5 Å². The molecule has 1 fully saturated rings. The number of hydrogen-bond donors (Lipinski definition) is 1. The van der Waals surface area contributed by atoms with E-state index in [1.54, 1.807) is 0 Å². The SMILES string of the molecule is CCn1cc(S(=O)(=O)N2CCOCC2C(=O)OC)c(N)n1. The lowest BCUT2D eigenvalue weighted by Crippen LogP contribution is -2.52. The summed E-state index contributed by atoms with van der Waals surface area (Å²) in [5, 5.41) is 3.92. The van der Waals surface area contributed by atoms with Gasteiger partial charge in [0.1, 0.15) is 10.9 Å². The monoisotopic (exact) mass is 318 g/mol. The van der Waals surface area contributed by atoms with Gasteiger partial charge >= 0.3 is 5.97 Å². The van der Waals surface area contributed by atoms with E-state index in [9.17, 15) is 13.2 Å². The quantitative estimate of drug-likeness (QED) is 0.711. The molecule has 2 heterocycles. The molecule has 1 aromatic heterocycles. The molecule has 2 N–H and O–H groups in total. The third kappa shape index (κ3) is 2.87. The Labute approximate surface area is 122 Å². The largest absolute Gasteiger partial charge is 0.468 e.